The van der Waals surface area contributed by atoms with Crippen LogP contribution < -0.4 is 5.32 Å². The van der Waals surface area contributed by atoms with Crippen LogP contribution in [0.25, 0.3) is 0 Å². The molecule has 4 nitrogen and oxygen atoms in total. The zero-order valence-electron chi connectivity index (χ0n) is 12.2. The monoisotopic (exact) mass is 327 g/mol. The van der Waals surface area contributed by atoms with Crippen LogP contribution in [0.5, 0.6) is 0 Å². The highest BCUT2D eigenvalue weighted by Crippen LogP contribution is 2.23. The van der Waals surface area contributed by atoms with Gasteiger partial charge in [-0.05, 0) is 37.6 Å². The van der Waals surface area contributed by atoms with Gasteiger partial charge < -0.3 is 9.84 Å². The number of nitrogens with one attached hydrogen (secondary N) is 1. The van der Waals surface area contributed by atoms with Gasteiger partial charge in [-0.15, -0.1) is 0 Å². The molecule has 0 aliphatic heterocycles. The molecular formula is C15H19Cl2N3O. The summed E-state index contributed by atoms with van der Waals surface area (Å²) < 4.78 is 5.27. The fourth-order valence-corrected chi connectivity index (χ4v) is 2.41. The molecule has 0 saturated heterocycles. The molecule has 1 heterocycles. The molecule has 0 aliphatic carbocycles. The maximum atomic E-state index is 6.00. The number of hydrogen-bond acceptors (Lipinski definition) is 4. The van der Waals surface area contributed by atoms with Gasteiger partial charge in [0.2, 0.25) is 5.89 Å². The van der Waals surface area contributed by atoms with Crippen molar-refractivity contribution in [2.24, 2.45) is 0 Å². The molecule has 0 radical (unpaired) electrons. The fraction of sp³-hybridized carbons (Fsp3) is 0.467. The molecule has 1 unspecified atom stereocenters. The van der Waals surface area contributed by atoms with E-state index < -0.39 is 0 Å². The van der Waals surface area contributed by atoms with Crippen LogP contribution in [0.1, 0.15) is 37.5 Å². The molecule has 0 amide bonds. The van der Waals surface area contributed by atoms with E-state index in [2.05, 4.69) is 29.3 Å². The van der Waals surface area contributed by atoms with Crippen molar-refractivity contribution >= 4 is 23.2 Å². The summed E-state index contributed by atoms with van der Waals surface area (Å²) in [5, 5.41) is 8.45. The van der Waals surface area contributed by atoms with Crippen molar-refractivity contribution < 1.29 is 4.52 Å². The number of rotatable bonds is 7. The predicted octanol–water partition coefficient (Wildman–Crippen LogP) is 3.90. The second-order valence-corrected chi connectivity index (χ2v) is 5.84. The minimum absolute atomic E-state index is 0.445. The van der Waals surface area contributed by atoms with E-state index in [1.54, 1.807) is 6.07 Å². The van der Waals surface area contributed by atoms with E-state index in [-0.39, 0.29) is 0 Å². The molecular weight excluding hydrogens is 309 g/mol. The van der Waals surface area contributed by atoms with Gasteiger partial charge >= 0.3 is 0 Å². The van der Waals surface area contributed by atoms with E-state index in [9.17, 15) is 0 Å². The van der Waals surface area contributed by atoms with Crippen LogP contribution in [0.15, 0.2) is 22.7 Å². The summed E-state index contributed by atoms with van der Waals surface area (Å²) in [6.45, 7) is 5.21. The van der Waals surface area contributed by atoms with Crippen LogP contribution in [0.4, 0.5) is 0 Å². The van der Waals surface area contributed by atoms with E-state index in [4.69, 9.17) is 27.7 Å². The molecule has 0 bridgehead atoms. The predicted molar refractivity (Wildman–Crippen MR) is 85.0 cm³/mol. The highest BCUT2D eigenvalue weighted by atomic mass is 35.5. The standard InChI is InChI=1S/C15H19Cl2N3O/c1-3-18-10(2)4-7-15-19-14(20-21-15)9-11-5-6-12(16)13(17)8-11/h5-6,8,10,18H,3-4,7,9H2,1-2H3. The second-order valence-electron chi connectivity index (χ2n) is 5.03. The summed E-state index contributed by atoms with van der Waals surface area (Å²) in [6.07, 6.45) is 2.34. The SMILES string of the molecule is CCNC(C)CCc1nc(Cc2ccc(Cl)c(Cl)c2)no1. The summed E-state index contributed by atoms with van der Waals surface area (Å²) in [4.78, 5) is 4.41. The number of halogens is 2. The van der Waals surface area contributed by atoms with Crippen molar-refractivity contribution in [2.75, 3.05) is 6.54 Å². The van der Waals surface area contributed by atoms with Crippen molar-refractivity contribution in [1.82, 2.24) is 15.5 Å². The number of hydrogen-bond donors (Lipinski definition) is 1. The van der Waals surface area contributed by atoms with Crippen molar-refractivity contribution in [3.63, 3.8) is 0 Å². The molecule has 1 N–H and O–H groups in total. The van der Waals surface area contributed by atoms with Gasteiger partial charge in [-0.25, -0.2) is 0 Å². The Hall–Kier alpha value is -1.10. The summed E-state index contributed by atoms with van der Waals surface area (Å²) in [6, 6.07) is 5.96. The number of aryl methyl sites for hydroxylation is 1. The molecule has 1 aromatic heterocycles. The van der Waals surface area contributed by atoms with Crippen molar-refractivity contribution in [3.8, 4) is 0 Å². The van der Waals surface area contributed by atoms with Crippen LogP contribution in [0.2, 0.25) is 10.0 Å². The lowest BCUT2D eigenvalue weighted by molar-refractivity contribution is 0.363. The molecule has 0 aliphatic rings. The minimum Gasteiger partial charge on any atom is -0.339 e. The van der Waals surface area contributed by atoms with Crippen LogP contribution >= 0.6 is 23.2 Å². The molecule has 0 spiro atoms. The first-order valence-electron chi connectivity index (χ1n) is 7.07. The van der Waals surface area contributed by atoms with E-state index in [0.29, 0.717) is 34.2 Å². The third-order valence-corrected chi connectivity index (χ3v) is 3.94. The maximum absolute atomic E-state index is 6.00. The Morgan fingerprint density at radius 2 is 2.10 bits per heavy atom. The Bertz CT molecular complexity index is 586. The largest absolute Gasteiger partial charge is 0.339 e. The van der Waals surface area contributed by atoms with Gasteiger partial charge in [0.05, 0.1) is 10.0 Å². The van der Waals surface area contributed by atoms with Gasteiger partial charge in [0.25, 0.3) is 0 Å². The van der Waals surface area contributed by atoms with Crippen LogP contribution in [-0.2, 0) is 12.8 Å². The van der Waals surface area contributed by atoms with Crippen LogP contribution in [0.3, 0.4) is 0 Å². The lowest BCUT2D eigenvalue weighted by atomic mass is 10.1. The molecule has 1 atom stereocenters. The lowest BCUT2D eigenvalue weighted by Crippen LogP contribution is -2.25. The highest BCUT2D eigenvalue weighted by Gasteiger charge is 2.10. The maximum Gasteiger partial charge on any atom is 0.226 e. The summed E-state index contributed by atoms with van der Waals surface area (Å²) in [5.74, 6) is 1.34. The number of benzene rings is 1. The Kier molecular flexibility index (Phi) is 6.03. The molecule has 6 heteroatoms. The van der Waals surface area contributed by atoms with Gasteiger partial charge in [-0.1, -0.05) is 41.3 Å². The first kappa shape index (κ1) is 16.3. The van der Waals surface area contributed by atoms with Crippen molar-refractivity contribution in [3.05, 3.63) is 45.5 Å². The average Bonchev–Trinajstić information content (AvgIpc) is 2.89. The first-order chi connectivity index (χ1) is 10.1. The zero-order chi connectivity index (χ0) is 15.2. The van der Waals surface area contributed by atoms with E-state index in [1.165, 1.54) is 0 Å². The second kappa shape index (κ2) is 7.78. The lowest BCUT2D eigenvalue weighted by Gasteiger charge is -2.09. The topological polar surface area (TPSA) is 51.0 Å². The molecule has 2 aromatic rings. The van der Waals surface area contributed by atoms with Crippen molar-refractivity contribution in [1.29, 1.82) is 0 Å². The van der Waals surface area contributed by atoms with Crippen molar-refractivity contribution in [2.45, 2.75) is 39.2 Å². The van der Waals surface area contributed by atoms with Crippen LogP contribution in [0, 0.1) is 0 Å². The summed E-state index contributed by atoms with van der Waals surface area (Å²) in [7, 11) is 0. The third kappa shape index (κ3) is 4.99. The smallest absolute Gasteiger partial charge is 0.226 e. The summed E-state index contributed by atoms with van der Waals surface area (Å²) >= 11 is 11.9. The number of nitrogens with zero attached hydrogens (tertiary/aromatic N) is 2. The Labute approximate surface area is 134 Å². The third-order valence-electron chi connectivity index (χ3n) is 3.20. The van der Waals surface area contributed by atoms with Gasteiger partial charge in [0, 0.05) is 18.9 Å². The molecule has 1 aromatic carbocycles. The Morgan fingerprint density at radius 1 is 1.29 bits per heavy atom. The van der Waals surface area contributed by atoms with Crippen LogP contribution in [-0.4, -0.2) is 22.7 Å². The molecule has 2 rings (SSSR count). The normalized spacial score (nSPS) is 12.6. The molecule has 0 saturated carbocycles. The molecule has 0 fully saturated rings. The Morgan fingerprint density at radius 3 is 2.81 bits per heavy atom. The quantitative estimate of drug-likeness (QED) is 0.837. The average molecular weight is 328 g/mol. The number of aromatic nitrogens is 2. The zero-order valence-corrected chi connectivity index (χ0v) is 13.7. The first-order valence-corrected chi connectivity index (χ1v) is 7.83. The summed E-state index contributed by atoms with van der Waals surface area (Å²) in [5.41, 5.74) is 1.01. The molecule has 21 heavy (non-hydrogen) atoms. The fourth-order valence-electron chi connectivity index (χ4n) is 2.09. The van der Waals surface area contributed by atoms with Gasteiger partial charge in [-0.3, -0.25) is 0 Å². The van der Waals surface area contributed by atoms with Gasteiger partial charge in [-0.2, -0.15) is 4.98 Å². The highest BCUT2D eigenvalue weighted by molar-refractivity contribution is 6.42. The minimum atomic E-state index is 0.445. The van der Waals surface area contributed by atoms with E-state index >= 15 is 0 Å². The Balaban J connectivity index is 1.92. The van der Waals surface area contributed by atoms with E-state index in [1.807, 2.05) is 12.1 Å². The van der Waals surface area contributed by atoms with Gasteiger partial charge in [0.1, 0.15) is 0 Å². The molecule has 114 valence electrons. The van der Waals surface area contributed by atoms with Gasteiger partial charge in [0.15, 0.2) is 5.82 Å². The van der Waals surface area contributed by atoms with E-state index in [0.717, 1.165) is 24.9 Å².